The normalized spacial score (nSPS) is 14.7. The van der Waals surface area contributed by atoms with Gasteiger partial charge >= 0.3 is 138 Å². The Morgan fingerprint density at radius 1 is 0.957 bits per heavy atom. The van der Waals surface area contributed by atoms with Crippen molar-refractivity contribution in [3.8, 4) is 0 Å². The third-order valence-electron chi connectivity index (χ3n) is 2.84. The van der Waals surface area contributed by atoms with Crippen LogP contribution < -0.4 is 16.8 Å². The quantitative estimate of drug-likeness (QED) is 0.152. The fourth-order valence-corrected chi connectivity index (χ4v) is 3.59. The summed E-state index contributed by atoms with van der Waals surface area (Å²) in [6.45, 7) is 0. The fourth-order valence-electron chi connectivity index (χ4n) is 1.57. The summed E-state index contributed by atoms with van der Waals surface area (Å²) in [5.41, 5.74) is 10.3. The number of amides is 1. The van der Waals surface area contributed by atoms with E-state index in [1.54, 1.807) is 0 Å². The van der Waals surface area contributed by atoms with Gasteiger partial charge in [0.25, 0.3) is 0 Å². The number of hydrogen-bond acceptors (Lipinski definition) is 6. The van der Waals surface area contributed by atoms with E-state index in [1.807, 2.05) is 0 Å². The third kappa shape index (κ3) is 9.84. The van der Waals surface area contributed by atoms with Crippen LogP contribution >= 0.6 is 0 Å². The van der Waals surface area contributed by atoms with Gasteiger partial charge in [0.05, 0.1) is 0 Å². The molecule has 0 spiro atoms. The number of rotatable bonds is 13. The molecule has 0 aliphatic heterocycles. The van der Waals surface area contributed by atoms with Crippen molar-refractivity contribution < 1.29 is 34.5 Å². The predicted molar refractivity (Wildman–Crippen MR) is 80.0 cm³/mol. The molecular formula is C12H21N3O7Se. The molecule has 0 saturated carbocycles. The molecule has 8 N–H and O–H groups in total. The van der Waals surface area contributed by atoms with E-state index in [2.05, 4.69) is 5.32 Å². The van der Waals surface area contributed by atoms with Crippen LogP contribution in [-0.2, 0) is 19.2 Å². The number of hydrogen-bond donors (Lipinski definition) is 6. The Kier molecular flexibility index (Phi) is 10.1. The number of carboxylic acid groups (broad SMARTS) is 3. The third-order valence-corrected chi connectivity index (χ3v) is 5.19. The number of nitrogens with two attached hydrogens (primary N) is 2. The molecule has 0 fully saturated rings. The predicted octanol–water partition coefficient (Wildman–Crippen LogP) is -1.91. The standard InChI is InChI=1S/C12H21N3O7Se/c13-6(10(17)18)5-23-4-3-8(12(21)22)15-7(11(19)20)1-2-9(14)16/h6-8,15H,1-5,13H2,(H2,14,16)(H,17,18)(H,19,20)(H,21,22). The summed E-state index contributed by atoms with van der Waals surface area (Å²) < 4.78 is 0. The average molecular weight is 398 g/mol. The van der Waals surface area contributed by atoms with Gasteiger partial charge in [-0.2, -0.15) is 0 Å². The molecule has 0 heterocycles. The Hall–Kier alpha value is -1.68. The summed E-state index contributed by atoms with van der Waals surface area (Å²) in [7, 11) is 0. The number of carbonyl (C=O) groups is 4. The second-order valence-electron chi connectivity index (χ2n) is 4.76. The average Bonchev–Trinajstić information content (AvgIpc) is 2.43. The van der Waals surface area contributed by atoms with Crippen molar-refractivity contribution in [1.29, 1.82) is 0 Å². The van der Waals surface area contributed by atoms with Gasteiger partial charge in [0.15, 0.2) is 0 Å². The van der Waals surface area contributed by atoms with Crippen LogP contribution in [0.4, 0.5) is 0 Å². The van der Waals surface area contributed by atoms with E-state index in [0.29, 0.717) is 5.32 Å². The van der Waals surface area contributed by atoms with Crippen LogP contribution in [0.25, 0.3) is 0 Å². The summed E-state index contributed by atoms with van der Waals surface area (Å²) >= 11 is -0.168. The number of nitrogens with one attached hydrogen (secondary N) is 1. The van der Waals surface area contributed by atoms with Crippen LogP contribution in [-0.4, -0.2) is 72.2 Å². The van der Waals surface area contributed by atoms with Crippen LogP contribution in [0.3, 0.4) is 0 Å². The van der Waals surface area contributed by atoms with Crippen LogP contribution in [0.2, 0.25) is 10.6 Å². The molecule has 3 unspecified atom stereocenters. The molecule has 132 valence electrons. The van der Waals surface area contributed by atoms with Crippen molar-refractivity contribution in [3.63, 3.8) is 0 Å². The maximum absolute atomic E-state index is 11.2. The molecular weight excluding hydrogens is 377 g/mol. The summed E-state index contributed by atoms with van der Waals surface area (Å²) in [5.74, 6) is -4.27. The first-order chi connectivity index (χ1) is 10.6. The molecule has 0 saturated heterocycles. The molecule has 0 aromatic carbocycles. The van der Waals surface area contributed by atoms with Gasteiger partial charge in [-0.05, 0) is 0 Å². The molecule has 0 aliphatic rings. The topological polar surface area (TPSA) is 193 Å². The van der Waals surface area contributed by atoms with Crippen molar-refractivity contribution in [2.75, 3.05) is 0 Å². The molecule has 0 rings (SSSR count). The van der Waals surface area contributed by atoms with Crippen molar-refractivity contribution in [1.82, 2.24) is 5.32 Å². The van der Waals surface area contributed by atoms with E-state index in [-0.39, 0.29) is 39.5 Å². The summed E-state index contributed by atoms with van der Waals surface area (Å²) in [5, 5.41) is 30.0. The van der Waals surface area contributed by atoms with Gasteiger partial charge in [-0.3, -0.25) is 0 Å². The zero-order valence-corrected chi connectivity index (χ0v) is 14.0. The SMILES string of the molecule is NC(=O)CCC(NC(CC[Se]CC(N)C(=O)O)C(=O)O)C(=O)O. The van der Waals surface area contributed by atoms with E-state index in [0.717, 1.165) is 0 Å². The van der Waals surface area contributed by atoms with Gasteiger partial charge in [0.1, 0.15) is 0 Å². The Morgan fingerprint density at radius 3 is 1.91 bits per heavy atom. The van der Waals surface area contributed by atoms with Gasteiger partial charge in [-0.15, -0.1) is 0 Å². The molecule has 3 atom stereocenters. The monoisotopic (exact) mass is 399 g/mol. The van der Waals surface area contributed by atoms with Crippen molar-refractivity contribution in [2.24, 2.45) is 11.5 Å². The second kappa shape index (κ2) is 10.9. The van der Waals surface area contributed by atoms with E-state index < -0.39 is 41.9 Å². The van der Waals surface area contributed by atoms with Gasteiger partial charge < -0.3 is 0 Å². The zero-order chi connectivity index (χ0) is 18.0. The number of carboxylic acids is 3. The number of aliphatic carboxylic acids is 3. The minimum atomic E-state index is -1.27. The molecule has 0 aliphatic carbocycles. The van der Waals surface area contributed by atoms with Crippen molar-refractivity contribution >= 4 is 38.8 Å². The number of primary amides is 1. The van der Waals surface area contributed by atoms with Crippen LogP contribution in [0.5, 0.6) is 0 Å². The van der Waals surface area contributed by atoms with Crippen molar-refractivity contribution in [2.45, 2.75) is 48.0 Å². The second-order valence-corrected chi connectivity index (χ2v) is 7.17. The first-order valence-corrected chi connectivity index (χ1v) is 9.13. The summed E-state index contributed by atoms with van der Waals surface area (Å²) in [6.07, 6.45) is -0.140. The molecule has 0 radical (unpaired) electrons. The number of carbonyl (C=O) groups excluding carboxylic acids is 1. The van der Waals surface area contributed by atoms with Gasteiger partial charge in [0.2, 0.25) is 0 Å². The van der Waals surface area contributed by atoms with Gasteiger partial charge in [0, 0.05) is 0 Å². The van der Waals surface area contributed by atoms with Crippen LogP contribution in [0, 0.1) is 0 Å². The molecule has 1 amide bonds. The molecule has 23 heavy (non-hydrogen) atoms. The van der Waals surface area contributed by atoms with Gasteiger partial charge in [-0.25, -0.2) is 0 Å². The Morgan fingerprint density at radius 2 is 1.48 bits per heavy atom. The minimum absolute atomic E-state index is 0.108. The van der Waals surface area contributed by atoms with Crippen LogP contribution in [0.15, 0.2) is 0 Å². The molecule has 0 aromatic heterocycles. The molecule has 10 nitrogen and oxygen atoms in total. The fraction of sp³-hybridized carbons (Fsp3) is 0.667. The van der Waals surface area contributed by atoms with E-state index in [1.165, 1.54) is 0 Å². The molecule has 11 heteroatoms. The van der Waals surface area contributed by atoms with Gasteiger partial charge in [-0.1, -0.05) is 0 Å². The van der Waals surface area contributed by atoms with Crippen molar-refractivity contribution in [3.05, 3.63) is 0 Å². The van der Waals surface area contributed by atoms with E-state index >= 15 is 0 Å². The van der Waals surface area contributed by atoms with E-state index in [9.17, 15) is 19.2 Å². The Labute approximate surface area is 138 Å². The van der Waals surface area contributed by atoms with E-state index in [4.69, 9.17) is 26.8 Å². The molecule has 0 bridgehead atoms. The summed E-state index contributed by atoms with van der Waals surface area (Å²) in [6, 6.07) is -3.28. The maximum atomic E-state index is 11.2. The Bertz CT molecular complexity index is 446. The van der Waals surface area contributed by atoms with Crippen LogP contribution in [0.1, 0.15) is 19.3 Å². The molecule has 0 aromatic rings. The summed E-state index contributed by atoms with van der Waals surface area (Å²) in [4.78, 5) is 43.5. The Balaban J connectivity index is 4.42. The first-order valence-electron chi connectivity index (χ1n) is 6.71. The zero-order valence-electron chi connectivity index (χ0n) is 12.3. The first kappa shape index (κ1) is 21.3.